The maximum Gasteiger partial charge on any atom is 4.00 e. The second-order valence-electron chi connectivity index (χ2n) is 10.9. The van der Waals surface area contributed by atoms with E-state index in [0.717, 1.165) is 33.2 Å². The summed E-state index contributed by atoms with van der Waals surface area (Å²) < 4.78 is 2.15. The average molecular weight is 955 g/mol. The second kappa shape index (κ2) is 12.1. The Morgan fingerprint density at radius 2 is 0.867 bits per heavy atom. The Labute approximate surface area is 292 Å². The van der Waals surface area contributed by atoms with Crippen LogP contribution in [0.15, 0.2) is 73.9 Å². The van der Waals surface area contributed by atoms with E-state index < -0.39 is 0 Å². The smallest absolute Gasteiger partial charge is 0.510 e. The van der Waals surface area contributed by atoms with Crippen molar-refractivity contribution in [2.24, 2.45) is 0 Å². The van der Waals surface area contributed by atoms with Crippen molar-refractivity contribution in [1.29, 1.82) is 0 Å². The zero-order valence-electron chi connectivity index (χ0n) is 24.8. The minimum absolute atomic E-state index is 0. The van der Waals surface area contributed by atoms with E-state index in [1.165, 1.54) is 0 Å². The van der Waals surface area contributed by atoms with Crippen LogP contribution in [0, 0.1) is 50.9 Å². The van der Waals surface area contributed by atoms with Crippen molar-refractivity contribution in [3.05, 3.63) is 125 Å². The van der Waals surface area contributed by atoms with Gasteiger partial charge in [0.25, 0.3) is 0 Å². The van der Waals surface area contributed by atoms with E-state index in [1.807, 2.05) is 134 Å². The molecular formula is C33H28N10Pt2. The van der Waals surface area contributed by atoms with Crippen molar-refractivity contribution in [1.82, 2.24) is 29.2 Å². The SMILES string of the molecule is CN1C=CN(c2[c-]c3c(cc2)c2ccc(N4C=CN(C)[CH-]4)[c-]c2n3-c2[c-]c(N3C=CN(C)[CH-]3)nc(N3C=CN(C)[CH-]3)[c-]2)[CH-]1.[Pt+4].[Pt+4]. The molecule has 0 saturated heterocycles. The molecule has 10 nitrogen and oxygen atoms in total. The number of pyridine rings is 1. The number of aromatic nitrogens is 2. The molecule has 0 aliphatic carbocycles. The van der Waals surface area contributed by atoms with Gasteiger partial charge in [0, 0.05) is 0 Å². The van der Waals surface area contributed by atoms with Crippen molar-refractivity contribution in [3.8, 4) is 5.69 Å². The van der Waals surface area contributed by atoms with Gasteiger partial charge in [-0.3, -0.25) is 4.98 Å². The molecule has 0 unspecified atom stereocenters. The number of hydrogen-bond donors (Lipinski definition) is 0. The minimum atomic E-state index is 0. The topological polar surface area (TPSA) is 43.7 Å². The molecule has 0 N–H and O–H groups in total. The number of nitrogens with zero attached hydrogens (tertiary/aromatic N) is 10. The van der Waals surface area contributed by atoms with E-state index in [1.54, 1.807) is 0 Å². The van der Waals surface area contributed by atoms with Crippen LogP contribution in [-0.2, 0) is 42.1 Å². The van der Waals surface area contributed by atoms with Gasteiger partial charge < -0.3 is 61.6 Å². The first-order chi connectivity index (χ1) is 20.9. The van der Waals surface area contributed by atoms with E-state index in [0.29, 0.717) is 17.3 Å². The maximum absolute atomic E-state index is 4.95. The summed E-state index contributed by atoms with van der Waals surface area (Å²) in [7, 11) is 8.00. The Morgan fingerprint density at radius 1 is 0.489 bits per heavy atom. The largest absolute Gasteiger partial charge is 4.00 e. The Balaban J connectivity index is 0.00000179. The first kappa shape index (κ1) is 31.1. The molecule has 4 aliphatic rings. The number of rotatable bonds is 5. The fourth-order valence-corrected chi connectivity index (χ4v) is 5.46. The van der Waals surface area contributed by atoms with Crippen molar-refractivity contribution >= 4 is 44.8 Å². The third kappa shape index (κ3) is 5.59. The molecule has 0 saturated carbocycles. The summed E-state index contributed by atoms with van der Waals surface area (Å²) >= 11 is 0. The van der Waals surface area contributed by atoms with Crippen molar-refractivity contribution in [2.75, 3.05) is 47.8 Å². The van der Waals surface area contributed by atoms with E-state index >= 15 is 0 Å². The summed E-state index contributed by atoms with van der Waals surface area (Å²) in [6.45, 7) is 8.00. The van der Waals surface area contributed by atoms with Crippen LogP contribution >= 0.6 is 0 Å². The van der Waals surface area contributed by atoms with E-state index in [9.17, 15) is 0 Å². The molecule has 6 heterocycles. The molecule has 12 heteroatoms. The van der Waals surface area contributed by atoms with Gasteiger partial charge in [-0.25, -0.2) is 0 Å². The second-order valence-corrected chi connectivity index (χ2v) is 10.9. The Bertz CT molecular complexity index is 1740. The van der Waals surface area contributed by atoms with Gasteiger partial charge >= 0.3 is 42.1 Å². The molecule has 0 radical (unpaired) electrons. The summed E-state index contributed by atoms with van der Waals surface area (Å²) in [6.07, 6.45) is 16.0. The van der Waals surface area contributed by atoms with Crippen LogP contribution in [0.5, 0.6) is 0 Å². The van der Waals surface area contributed by atoms with Gasteiger partial charge in [0.1, 0.15) is 0 Å². The zero-order valence-corrected chi connectivity index (χ0v) is 29.4. The molecule has 2 aromatic heterocycles. The van der Waals surface area contributed by atoms with Crippen LogP contribution in [0.4, 0.5) is 23.0 Å². The summed E-state index contributed by atoms with van der Waals surface area (Å²) in [5.74, 6) is 1.30. The molecule has 0 fully saturated rings. The van der Waals surface area contributed by atoms with E-state index in [-0.39, 0.29) is 42.1 Å². The molecule has 45 heavy (non-hydrogen) atoms. The monoisotopic (exact) mass is 954 g/mol. The predicted octanol–water partition coefficient (Wildman–Crippen LogP) is 4.74. The summed E-state index contributed by atoms with van der Waals surface area (Å²) in [5, 5.41) is 2.13. The van der Waals surface area contributed by atoms with Crippen LogP contribution in [0.3, 0.4) is 0 Å². The van der Waals surface area contributed by atoms with Gasteiger partial charge in [-0.1, -0.05) is 22.7 Å². The first-order valence-corrected chi connectivity index (χ1v) is 13.8. The van der Waals surface area contributed by atoms with E-state index in [2.05, 4.69) is 62.9 Å². The molecule has 0 bridgehead atoms. The van der Waals surface area contributed by atoms with Gasteiger partial charge in [-0.2, -0.15) is 61.7 Å². The molecule has 4 aromatic rings. The van der Waals surface area contributed by atoms with Crippen molar-refractivity contribution < 1.29 is 42.1 Å². The van der Waals surface area contributed by atoms with Crippen LogP contribution in [0.2, 0.25) is 0 Å². The quantitative estimate of drug-likeness (QED) is 0.265. The molecule has 8 rings (SSSR count). The van der Waals surface area contributed by atoms with Gasteiger partial charge in [0.05, 0.1) is 0 Å². The fourth-order valence-electron chi connectivity index (χ4n) is 5.46. The van der Waals surface area contributed by atoms with Crippen LogP contribution in [-0.4, -0.2) is 57.3 Å². The van der Waals surface area contributed by atoms with Crippen LogP contribution < -0.4 is 19.6 Å². The molecule has 0 atom stereocenters. The van der Waals surface area contributed by atoms with Gasteiger partial charge in [0.15, 0.2) is 0 Å². The molecule has 2 aromatic carbocycles. The standard InChI is InChI=1S/C33H28N10.2Pt/c1-35-9-13-39(21-35)25-5-7-28-29-8-6-26(40-14-10-36(2)22-40)18-31(29)43(30(28)17-25)27-19-32(41-15-11-37(3)23-41)34-33(20-27)42-16-12-38(4)24-42;;/h5-16,21-24H,1-4H3;;/q-8;2*+4. The normalized spacial score (nSPS) is 17.2. The van der Waals surface area contributed by atoms with Gasteiger partial charge in [-0.15, -0.1) is 23.5 Å². The molecule has 4 aliphatic heterocycles. The van der Waals surface area contributed by atoms with Crippen LogP contribution in [0.25, 0.3) is 27.5 Å². The Hall–Kier alpha value is -3.87. The summed E-state index contributed by atoms with van der Waals surface area (Å²) in [4.78, 5) is 21.0. The summed E-state index contributed by atoms with van der Waals surface area (Å²) in [5.41, 5.74) is 4.38. The molecule has 230 valence electrons. The average Bonchev–Trinajstić information content (AvgIpc) is 3.84. The third-order valence-electron chi connectivity index (χ3n) is 7.57. The van der Waals surface area contributed by atoms with E-state index in [4.69, 9.17) is 4.98 Å². The number of benzene rings is 2. The molecule has 0 spiro atoms. The number of hydrogen-bond acceptors (Lipinski definition) is 9. The van der Waals surface area contributed by atoms with Crippen LogP contribution in [0.1, 0.15) is 0 Å². The Kier molecular flexibility index (Phi) is 8.40. The van der Waals surface area contributed by atoms with Gasteiger partial charge in [0.2, 0.25) is 0 Å². The predicted molar refractivity (Wildman–Crippen MR) is 169 cm³/mol. The molecular weight excluding hydrogens is 927 g/mol. The molecule has 0 amide bonds. The Morgan fingerprint density at radius 3 is 1.22 bits per heavy atom. The van der Waals surface area contributed by atoms with Crippen molar-refractivity contribution in [3.63, 3.8) is 0 Å². The fraction of sp³-hybridized carbons (Fsp3) is 0.121. The minimum Gasteiger partial charge on any atom is -0.510 e. The number of fused-ring (bicyclic) bond motifs is 3. The third-order valence-corrected chi connectivity index (χ3v) is 7.57. The zero-order chi connectivity index (χ0) is 29.2. The van der Waals surface area contributed by atoms with Gasteiger partial charge in [-0.05, 0) is 77.8 Å². The van der Waals surface area contributed by atoms with Crippen molar-refractivity contribution in [2.45, 2.75) is 0 Å². The summed E-state index contributed by atoms with van der Waals surface area (Å²) in [6, 6.07) is 23.1. The number of anilines is 4. The maximum atomic E-state index is 4.95. The first-order valence-electron chi connectivity index (χ1n) is 13.8.